The molecule has 0 spiro atoms. The summed E-state index contributed by atoms with van der Waals surface area (Å²) >= 11 is 5.86. The molecule has 1 amide bonds. The lowest BCUT2D eigenvalue weighted by Gasteiger charge is -2.32. The smallest absolute Gasteiger partial charge is 0.253 e. The molecule has 0 unspecified atom stereocenters. The third-order valence-corrected chi connectivity index (χ3v) is 4.11. The van der Waals surface area contributed by atoms with E-state index in [4.69, 9.17) is 16.3 Å². The topological polar surface area (TPSA) is 55.3 Å². The maximum absolute atomic E-state index is 12.4. The molecule has 0 bridgehead atoms. The number of nitrogens with zero attached hydrogens (tertiary/aromatic N) is 3. The van der Waals surface area contributed by atoms with E-state index in [0.717, 1.165) is 12.8 Å². The lowest BCUT2D eigenvalue weighted by Crippen LogP contribution is -2.41. The van der Waals surface area contributed by atoms with Gasteiger partial charge in [-0.05, 0) is 31.2 Å². The average molecular weight is 332 g/mol. The second-order valence-electron chi connectivity index (χ2n) is 5.56. The molecule has 23 heavy (non-hydrogen) atoms. The van der Waals surface area contributed by atoms with Gasteiger partial charge in [0.1, 0.15) is 11.9 Å². The summed E-state index contributed by atoms with van der Waals surface area (Å²) in [5.74, 6) is 1.33. The first-order valence-corrected chi connectivity index (χ1v) is 8.01. The predicted octanol–water partition coefficient (Wildman–Crippen LogP) is 3.12. The first kappa shape index (κ1) is 15.7. The van der Waals surface area contributed by atoms with E-state index < -0.39 is 0 Å². The fourth-order valence-electron chi connectivity index (χ4n) is 2.62. The van der Waals surface area contributed by atoms with Gasteiger partial charge in [-0.2, -0.15) is 4.98 Å². The number of halogens is 1. The summed E-state index contributed by atoms with van der Waals surface area (Å²) in [5, 5.41) is 0.633. The monoisotopic (exact) mass is 331 g/mol. The molecule has 1 aliphatic rings. The summed E-state index contributed by atoms with van der Waals surface area (Å²) < 4.78 is 5.88. The second kappa shape index (κ2) is 6.96. The first-order valence-electron chi connectivity index (χ1n) is 7.63. The van der Waals surface area contributed by atoms with Gasteiger partial charge in [0.05, 0.1) is 0 Å². The Labute approximate surface area is 140 Å². The molecule has 5 nitrogen and oxygen atoms in total. The van der Waals surface area contributed by atoms with Crippen molar-refractivity contribution >= 4 is 17.5 Å². The Morgan fingerprint density at radius 2 is 1.91 bits per heavy atom. The minimum atomic E-state index is 0.0398. The lowest BCUT2D eigenvalue weighted by atomic mass is 10.1. The number of aromatic nitrogens is 2. The highest BCUT2D eigenvalue weighted by molar-refractivity contribution is 6.30. The molecule has 6 heteroatoms. The Morgan fingerprint density at radius 3 is 2.57 bits per heavy atom. The van der Waals surface area contributed by atoms with Crippen molar-refractivity contribution in [3.8, 4) is 5.88 Å². The van der Waals surface area contributed by atoms with Gasteiger partial charge in [0.25, 0.3) is 5.91 Å². The average Bonchev–Trinajstić information content (AvgIpc) is 2.56. The highest BCUT2D eigenvalue weighted by Gasteiger charge is 2.25. The van der Waals surface area contributed by atoms with E-state index in [9.17, 15) is 4.79 Å². The van der Waals surface area contributed by atoms with Gasteiger partial charge in [0.2, 0.25) is 5.88 Å². The van der Waals surface area contributed by atoms with Crippen LogP contribution in [-0.2, 0) is 0 Å². The largest absolute Gasteiger partial charge is 0.474 e. The molecule has 1 fully saturated rings. The molecular formula is C17H18ClN3O2. The molecule has 1 aromatic heterocycles. The highest BCUT2D eigenvalue weighted by atomic mass is 35.5. The van der Waals surface area contributed by atoms with Gasteiger partial charge >= 0.3 is 0 Å². The Morgan fingerprint density at radius 1 is 1.22 bits per heavy atom. The highest BCUT2D eigenvalue weighted by Crippen LogP contribution is 2.19. The van der Waals surface area contributed by atoms with Crippen LogP contribution in [0.2, 0.25) is 5.02 Å². The standard InChI is InChI=1S/C17H18ClN3O2/c1-12-19-9-6-16(20-12)23-15-7-10-21(11-8-15)17(22)13-2-4-14(18)5-3-13/h2-6,9,15H,7-8,10-11H2,1H3. The lowest BCUT2D eigenvalue weighted by molar-refractivity contribution is 0.0587. The van der Waals surface area contributed by atoms with Crippen molar-refractivity contribution in [3.05, 3.63) is 52.9 Å². The molecule has 0 atom stereocenters. The van der Waals surface area contributed by atoms with Gasteiger partial charge in [-0.3, -0.25) is 4.79 Å². The number of amides is 1. The molecule has 0 saturated carbocycles. The minimum Gasteiger partial charge on any atom is -0.474 e. The third kappa shape index (κ3) is 3.99. The van der Waals surface area contributed by atoms with Crippen LogP contribution >= 0.6 is 11.6 Å². The van der Waals surface area contributed by atoms with E-state index in [0.29, 0.717) is 35.4 Å². The van der Waals surface area contributed by atoms with Gasteiger partial charge in [0.15, 0.2) is 0 Å². The Hall–Kier alpha value is -2.14. The fraction of sp³-hybridized carbons (Fsp3) is 0.353. The first-order chi connectivity index (χ1) is 11.1. The van der Waals surface area contributed by atoms with Crippen LogP contribution in [0.1, 0.15) is 29.0 Å². The van der Waals surface area contributed by atoms with Crippen molar-refractivity contribution in [2.24, 2.45) is 0 Å². The number of benzene rings is 1. The van der Waals surface area contributed by atoms with Crippen LogP contribution in [0, 0.1) is 6.92 Å². The molecule has 1 aliphatic heterocycles. The van der Waals surface area contributed by atoms with E-state index in [1.54, 1.807) is 36.5 Å². The van der Waals surface area contributed by atoms with Gasteiger partial charge in [-0.15, -0.1) is 0 Å². The van der Waals surface area contributed by atoms with Gasteiger partial charge < -0.3 is 9.64 Å². The number of hydrogen-bond acceptors (Lipinski definition) is 4. The van der Waals surface area contributed by atoms with E-state index >= 15 is 0 Å². The molecule has 1 aromatic carbocycles. The zero-order valence-corrected chi connectivity index (χ0v) is 13.7. The molecule has 0 N–H and O–H groups in total. The summed E-state index contributed by atoms with van der Waals surface area (Å²) in [5.41, 5.74) is 0.667. The van der Waals surface area contributed by atoms with Crippen LogP contribution in [0.25, 0.3) is 0 Å². The number of ether oxygens (including phenoxy) is 1. The fourth-order valence-corrected chi connectivity index (χ4v) is 2.75. The summed E-state index contributed by atoms with van der Waals surface area (Å²) in [6.07, 6.45) is 3.36. The third-order valence-electron chi connectivity index (χ3n) is 3.86. The molecule has 120 valence electrons. The normalized spacial score (nSPS) is 15.5. The van der Waals surface area contributed by atoms with Gasteiger partial charge in [-0.1, -0.05) is 11.6 Å². The van der Waals surface area contributed by atoms with E-state index in [-0.39, 0.29) is 12.0 Å². The summed E-state index contributed by atoms with van der Waals surface area (Å²) in [6, 6.07) is 8.76. The zero-order valence-electron chi connectivity index (χ0n) is 12.9. The Balaban J connectivity index is 1.55. The van der Waals surface area contributed by atoms with Crippen molar-refractivity contribution < 1.29 is 9.53 Å². The van der Waals surface area contributed by atoms with Crippen LogP contribution in [0.4, 0.5) is 0 Å². The molecule has 2 heterocycles. The summed E-state index contributed by atoms with van der Waals surface area (Å²) in [6.45, 7) is 3.19. The number of aryl methyl sites for hydroxylation is 1. The molecule has 0 aliphatic carbocycles. The zero-order chi connectivity index (χ0) is 16.2. The molecule has 2 aromatic rings. The van der Waals surface area contributed by atoms with Crippen molar-refractivity contribution in [1.82, 2.24) is 14.9 Å². The Bertz CT molecular complexity index is 682. The molecular weight excluding hydrogens is 314 g/mol. The molecule has 1 saturated heterocycles. The van der Waals surface area contributed by atoms with Gasteiger partial charge in [-0.25, -0.2) is 4.98 Å². The van der Waals surface area contributed by atoms with Crippen molar-refractivity contribution in [1.29, 1.82) is 0 Å². The predicted molar refractivity (Wildman–Crippen MR) is 87.8 cm³/mol. The number of carbonyl (C=O) groups is 1. The van der Waals surface area contributed by atoms with Gasteiger partial charge in [0, 0.05) is 48.8 Å². The van der Waals surface area contributed by atoms with Crippen molar-refractivity contribution in [2.45, 2.75) is 25.9 Å². The SMILES string of the molecule is Cc1nccc(OC2CCN(C(=O)c3ccc(Cl)cc3)CC2)n1. The quantitative estimate of drug-likeness (QED) is 0.867. The van der Waals surface area contributed by atoms with Crippen LogP contribution in [0.15, 0.2) is 36.5 Å². The molecule has 0 radical (unpaired) electrons. The maximum Gasteiger partial charge on any atom is 0.253 e. The number of hydrogen-bond donors (Lipinski definition) is 0. The van der Waals surface area contributed by atoms with Crippen LogP contribution in [0.5, 0.6) is 5.88 Å². The van der Waals surface area contributed by atoms with E-state index in [1.807, 2.05) is 11.8 Å². The van der Waals surface area contributed by atoms with Crippen LogP contribution < -0.4 is 4.74 Å². The van der Waals surface area contributed by atoms with Crippen LogP contribution in [-0.4, -0.2) is 40.0 Å². The second-order valence-corrected chi connectivity index (χ2v) is 5.99. The summed E-state index contributed by atoms with van der Waals surface area (Å²) in [4.78, 5) is 22.6. The number of carbonyl (C=O) groups excluding carboxylic acids is 1. The van der Waals surface area contributed by atoms with Crippen molar-refractivity contribution in [3.63, 3.8) is 0 Å². The minimum absolute atomic E-state index is 0.0398. The molecule has 3 rings (SSSR count). The van der Waals surface area contributed by atoms with Crippen molar-refractivity contribution in [2.75, 3.05) is 13.1 Å². The maximum atomic E-state index is 12.4. The van der Waals surface area contributed by atoms with E-state index in [2.05, 4.69) is 9.97 Å². The van der Waals surface area contributed by atoms with E-state index in [1.165, 1.54) is 0 Å². The number of rotatable bonds is 3. The number of likely N-dealkylation sites (tertiary alicyclic amines) is 1. The number of piperidine rings is 1. The summed E-state index contributed by atoms with van der Waals surface area (Å²) in [7, 11) is 0. The Kier molecular flexibility index (Phi) is 4.76. The van der Waals surface area contributed by atoms with Crippen LogP contribution in [0.3, 0.4) is 0 Å².